The Balaban J connectivity index is 1.81. The van der Waals surface area contributed by atoms with E-state index in [1.165, 1.54) is 7.11 Å². The van der Waals surface area contributed by atoms with Crippen molar-refractivity contribution in [2.45, 2.75) is 13.5 Å². The number of aromatic nitrogens is 1. The molecule has 0 aliphatic heterocycles. The molecule has 0 saturated heterocycles. The number of carbonyl (C=O) groups is 1. The Morgan fingerprint density at radius 3 is 2.53 bits per heavy atom. The molecule has 5 heteroatoms. The van der Waals surface area contributed by atoms with Gasteiger partial charge in [-0.05, 0) is 54.3 Å². The maximum atomic E-state index is 13.5. The molecule has 1 heterocycles. The van der Waals surface area contributed by atoms with Crippen LogP contribution in [0.5, 0.6) is 5.75 Å². The first-order valence-electron chi connectivity index (χ1n) is 9.69. The van der Waals surface area contributed by atoms with Crippen molar-refractivity contribution in [1.29, 1.82) is 0 Å². The Kier molecular flexibility index (Phi) is 5.35. The minimum Gasteiger partial charge on any atom is -0.496 e. The van der Waals surface area contributed by atoms with E-state index in [4.69, 9.17) is 4.74 Å². The zero-order chi connectivity index (χ0) is 21.1. The third kappa shape index (κ3) is 3.82. The third-order valence-corrected chi connectivity index (χ3v) is 5.05. The molecule has 5 nitrogen and oxygen atoms in total. The van der Waals surface area contributed by atoms with Crippen LogP contribution in [0.4, 0.5) is 5.69 Å². The van der Waals surface area contributed by atoms with E-state index in [0.717, 1.165) is 22.2 Å². The molecule has 0 spiro atoms. The topological polar surface area (TPSA) is 62.4 Å². The van der Waals surface area contributed by atoms with Crippen LogP contribution in [0, 0.1) is 6.92 Å². The van der Waals surface area contributed by atoms with Crippen LogP contribution in [0.2, 0.25) is 0 Å². The second kappa shape index (κ2) is 8.25. The van der Waals surface area contributed by atoms with Crippen molar-refractivity contribution < 1.29 is 9.53 Å². The predicted molar refractivity (Wildman–Crippen MR) is 119 cm³/mol. The first kappa shape index (κ1) is 19.5. The van der Waals surface area contributed by atoms with E-state index in [1.807, 2.05) is 67.6 Å². The lowest BCUT2D eigenvalue weighted by molar-refractivity contribution is 0.0982. The van der Waals surface area contributed by atoms with E-state index < -0.39 is 0 Å². The molecule has 0 aliphatic carbocycles. The summed E-state index contributed by atoms with van der Waals surface area (Å²) in [6, 6.07) is 24.2. The maximum absolute atomic E-state index is 13.5. The van der Waals surface area contributed by atoms with Crippen LogP contribution in [-0.2, 0) is 6.54 Å². The highest BCUT2D eigenvalue weighted by Crippen LogP contribution is 2.25. The minimum absolute atomic E-state index is 0.139. The van der Waals surface area contributed by atoms with Crippen molar-refractivity contribution in [3.63, 3.8) is 0 Å². The Hall–Kier alpha value is -3.86. The number of amides is 1. The first-order chi connectivity index (χ1) is 14.6. The number of fused-ring (bicyclic) bond motifs is 1. The summed E-state index contributed by atoms with van der Waals surface area (Å²) in [5.41, 5.74) is 3.26. The number of pyridine rings is 1. The Bertz CT molecular complexity index is 1280. The summed E-state index contributed by atoms with van der Waals surface area (Å²) in [7, 11) is 1.54. The quantitative estimate of drug-likeness (QED) is 0.530. The van der Waals surface area contributed by atoms with Crippen LogP contribution >= 0.6 is 0 Å². The van der Waals surface area contributed by atoms with Gasteiger partial charge in [0.25, 0.3) is 11.5 Å². The number of para-hydroxylation sites is 2. The second-order valence-electron chi connectivity index (χ2n) is 7.14. The first-order valence-corrected chi connectivity index (χ1v) is 9.69. The number of carbonyl (C=O) groups excluding carboxylic acids is 1. The van der Waals surface area contributed by atoms with Gasteiger partial charge in [0.1, 0.15) is 5.75 Å². The van der Waals surface area contributed by atoms with Gasteiger partial charge in [-0.2, -0.15) is 0 Å². The Labute approximate surface area is 174 Å². The largest absolute Gasteiger partial charge is 0.496 e. The van der Waals surface area contributed by atoms with E-state index in [2.05, 4.69) is 4.98 Å². The smallest absolute Gasteiger partial charge is 0.262 e. The molecule has 4 aromatic rings. The van der Waals surface area contributed by atoms with E-state index in [0.29, 0.717) is 16.9 Å². The lowest BCUT2D eigenvalue weighted by Gasteiger charge is -2.24. The second-order valence-corrected chi connectivity index (χ2v) is 7.14. The van der Waals surface area contributed by atoms with Crippen molar-refractivity contribution in [3.8, 4) is 5.75 Å². The summed E-state index contributed by atoms with van der Waals surface area (Å²) in [6.45, 7) is 2.11. The number of methoxy groups -OCH3 is 1. The number of nitrogens with zero attached hydrogens (tertiary/aromatic N) is 1. The van der Waals surface area contributed by atoms with Crippen LogP contribution in [0.1, 0.15) is 21.5 Å². The summed E-state index contributed by atoms with van der Waals surface area (Å²) in [4.78, 5) is 30.8. The zero-order valence-corrected chi connectivity index (χ0v) is 16.9. The van der Waals surface area contributed by atoms with Gasteiger partial charge in [-0.1, -0.05) is 42.5 Å². The molecule has 1 aromatic heterocycles. The lowest BCUT2D eigenvalue weighted by atomic mass is 10.1. The van der Waals surface area contributed by atoms with Crippen LogP contribution in [0.25, 0.3) is 10.9 Å². The lowest BCUT2D eigenvalue weighted by Crippen LogP contribution is -2.33. The zero-order valence-electron chi connectivity index (χ0n) is 16.9. The number of nitrogens with one attached hydrogen (secondary N) is 1. The highest BCUT2D eigenvalue weighted by molar-refractivity contribution is 6.07. The Morgan fingerprint density at radius 2 is 1.73 bits per heavy atom. The Morgan fingerprint density at radius 1 is 0.967 bits per heavy atom. The molecule has 1 N–H and O–H groups in total. The number of rotatable bonds is 5. The van der Waals surface area contributed by atoms with Crippen molar-refractivity contribution in [2.24, 2.45) is 0 Å². The molecule has 0 unspecified atom stereocenters. The van der Waals surface area contributed by atoms with Crippen LogP contribution in [-0.4, -0.2) is 18.0 Å². The van der Waals surface area contributed by atoms with Gasteiger partial charge in [0.2, 0.25) is 0 Å². The molecule has 0 saturated carbocycles. The normalized spacial score (nSPS) is 10.7. The van der Waals surface area contributed by atoms with Crippen molar-refractivity contribution in [3.05, 3.63) is 106 Å². The van der Waals surface area contributed by atoms with E-state index in [9.17, 15) is 9.59 Å². The molecule has 150 valence electrons. The fourth-order valence-electron chi connectivity index (χ4n) is 3.52. The SMILES string of the molecule is COc1ccccc1C(=O)N(Cc1cc2ccccc2[nH]c1=O)c1cccc(C)c1. The molecule has 1 amide bonds. The number of hydrogen-bond donors (Lipinski definition) is 1. The molecule has 0 radical (unpaired) electrons. The van der Waals surface area contributed by atoms with Crippen molar-refractivity contribution in [2.75, 3.05) is 12.0 Å². The van der Waals surface area contributed by atoms with Crippen molar-refractivity contribution in [1.82, 2.24) is 4.98 Å². The van der Waals surface area contributed by atoms with E-state index >= 15 is 0 Å². The predicted octanol–water partition coefficient (Wildman–Crippen LogP) is 4.69. The highest BCUT2D eigenvalue weighted by Gasteiger charge is 2.22. The average molecular weight is 398 g/mol. The van der Waals surface area contributed by atoms with Gasteiger partial charge in [0.05, 0.1) is 19.2 Å². The monoisotopic (exact) mass is 398 g/mol. The van der Waals surface area contributed by atoms with Crippen LogP contribution in [0.15, 0.2) is 83.7 Å². The van der Waals surface area contributed by atoms with Gasteiger partial charge >= 0.3 is 0 Å². The highest BCUT2D eigenvalue weighted by atomic mass is 16.5. The van der Waals surface area contributed by atoms with Gasteiger partial charge in [0.15, 0.2) is 0 Å². The van der Waals surface area contributed by atoms with Crippen LogP contribution in [0.3, 0.4) is 0 Å². The summed E-state index contributed by atoms with van der Waals surface area (Å²) >= 11 is 0. The van der Waals surface area contributed by atoms with Crippen molar-refractivity contribution >= 4 is 22.5 Å². The number of benzene rings is 3. The molecule has 4 rings (SSSR count). The fourth-order valence-corrected chi connectivity index (χ4v) is 3.52. The number of aryl methyl sites for hydroxylation is 1. The summed E-state index contributed by atoms with van der Waals surface area (Å²) in [6.07, 6.45) is 0. The van der Waals surface area contributed by atoms with E-state index in [-0.39, 0.29) is 18.0 Å². The molecule has 3 aromatic carbocycles. The summed E-state index contributed by atoms with van der Waals surface area (Å²) in [5, 5.41) is 0.918. The molecular formula is C25H22N2O3. The van der Waals surface area contributed by atoms with Crippen LogP contribution < -0.4 is 15.2 Å². The number of hydrogen-bond acceptors (Lipinski definition) is 3. The summed E-state index contributed by atoms with van der Waals surface area (Å²) in [5.74, 6) is 0.262. The summed E-state index contributed by atoms with van der Waals surface area (Å²) < 4.78 is 5.39. The molecule has 30 heavy (non-hydrogen) atoms. The minimum atomic E-state index is -0.231. The van der Waals surface area contributed by atoms with Gasteiger partial charge in [-0.15, -0.1) is 0 Å². The van der Waals surface area contributed by atoms with Gasteiger partial charge in [0, 0.05) is 16.8 Å². The molecule has 0 atom stereocenters. The number of H-pyrrole nitrogens is 1. The number of aromatic amines is 1. The fraction of sp³-hybridized carbons (Fsp3) is 0.120. The molecule has 0 bridgehead atoms. The van der Waals surface area contributed by atoms with E-state index in [1.54, 1.807) is 23.1 Å². The average Bonchev–Trinajstić information content (AvgIpc) is 2.77. The van der Waals surface area contributed by atoms with Gasteiger partial charge < -0.3 is 14.6 Å². The molecular weight excluding hydrogens is 376 g/mol. The standard InChI is InChI=1S/C25H22N2O3/c1-17-8-7-10-20(14-17)27(25(29)21-11-4-6-13-23(21)30-2)16-19-15-18-9-3-5-12-22(18)26-24(19)28/h3-15H,16H2,1-2H3,(H,26,28). The van der Waals surface area contributed by atoms with Gasteiger partial charge in [-0.3, -0.25) is 9.59 Å². The molecule has 0 fully saturated rings. The third-order valence-electron chi connectivity index (χ3n) is 5.05. The van der Waals surface area contributed by atoms with Gasteiger partial charge in [-0.25, -0.2) is 0 Å². The number of anilines is 1. The number of ether oxygens (including phenoxy) is 1. The maximum Gasteiger partial charge on any atom is 0.262 e. The molecule has 0 aliphatic rings.